The highest BCUT2D eigenvalue weighted by Gasteiger charge is 2.39. The number of nitrogens with zero attached hydrogens (tertiary/aromatic N) is 2. The van der Waals surface area contributed by atoms with Crippen LogP contribution in [0.25, 0.3) is 23.3 Å². The summed E-state index contributed by atoms with van der Waals surface area (Å²) in [5.74, 6) is 0. The fourth-order valence-electron chi connectivity index (χ4n) is 4.74. The molecule has 10 heteroatoms. The molecule has 2 N–H and O–H groups in total. The van der Waals surface area contributed by atoms with Gasteiger partial charge in [-0.3, -0.25) is 10.2 Å². The lowest BCUT2D eigenvalue weighted by Crippen LogP contribution is -2.11. The smallest absolute Gasteiger partial charge is 0.273 e. The van der Waals surface area contributed by atoms with Crippen molar-refractivity contribution in [2.24, 2.45) is 0 Å². The van der Waals surface area contributed by atoms with Gasteiger partial charge in [-0.05, 0) is 73.0 Å². The van der Waals surface area contributed by atoms with Crippen LogP contribution >= 0.6 is 0 Å². The van der Waals surface area contributed by atoms with E-state index in [4.69, 9.17) is 0 Å². The van der Waals surface area contributed by atoms with Gasteiger partial charge >= 0.3 is 12.4 Å². The molecule has 34 heavy (non-hydrogen) atoms. The number of hydrogen-bond acceptors (Lipinski definition) is 2. The van der Waals surface area contributed by atoms with Gasteiger partial charge in [0.1, 0.15) is 11.4 Å². The maximum atomic E-state index is 13.2. The quantitative estimate of drug-likeness (QED) is 0.393. The van der Waals surface area contributed by atoms with Crippen molar-refractivity contribution in [3.05, 3.63) is 69.3 Å². The van der Waals surface area contributed by atoms with E-state index in [0.717, 1.165) is 22.3 Å². The zero-order chi connectivity index (χ0) is 24.1. The molecule has 0 unspecified atom stereocenters. The van der Waals surface area contributed by atoms with E-state index >= 15 is 0 Å². The summed E-state index contributed by atoms with van der Waals surface area (Å²) in [5, 5.41) is 12.1. The van der Waals surface area contributed by atoms with Crippen LogP contribution in [0.5, 0.6) is 0 Å². The Hall–Kier alpha value is -3.30. The molecule has 4 nitrogen and oxygen atoms in total. The number of rotatable bonds is 2. The minimum Gasteiger partial charge on any atom is -0.273 e. The molecule has 178 valence electrons. The number of H-pyrrole nitrogens is 2. The average Bonchev–Trinajstić information content (AvgIpc) is 3.40. The molecule has 0 radical (unpaired) electrons. The highest BCUT2D eigenvalue weighted by Crippen LogP contribution is 2.40. The Labute approximate surface area is 190 Å². The van der Waals surface area contributed by atoms with Gasteiger partial charge in [-0.2, -0.15) is 36.5 Å². The van der Waals surface area contributed by atoms with Gasteiger partial charge in [-0.1, -0.05) is 24.3 Å². The van der Waals surface area contributed by atoms with Crippen molar-refractivity contribution >= 4 is 23.3 Å². The van der Waals surface area contributed by atoms with Crippen LogP contribution in [-0.2, 0) is 25.2 Å². The molecule has 0 atom stereocenters. The summed E-state index contributed by atoms with van der Waals surface area (Å²) in [5.41, 5.74) is 2.67. The normalized spacial score (nSPS) is 18.9. The van der Waals surface area contributed by atoms with Gasteiger partial charge in [0.2, 0.25) is 0 Å². The second kappa shape index (κ2) is 8.18. The molecule has 5 rings (SSSR count). The van der Waals surface area contributed by atoms with Crippen molar-refractivity contribution in [1.82, 2.24) is 20.4 Å². The molecule has 3 aromatic rings. The number of benzene rings is 1. The fraction of sp³-hybridized carbons (Fsp3) is 0.333. The fourth-order valence-corrected chi connectivity index (χ4v) is 4.74. The molecule has 2 aromatic heterocycles. The first kappa shape index (κ1) is 22.5. The van der Waals surface area contributed by atoms with Crippen molar-refractivity contribution in [3.63, 3.8) is 0 Å². The first-order valence-corrected chi connectivity index (χ1v) is 10.9. The minimum absolute atomic E-state index is 0.205. The summed E-state index contributed by atoms with van der Waals surface area (Å²) < 4.78 is 79.2. The average molecular weight is 478 g/mol. The molecule has 0 bridgehead atoms. The third kappa shape index (κ3) is 4.17. The van der Waals surface area contributed by atoms with Crippen molar-refractivity contribution in [1.29, 1.82) is 0 Å². The van der Waals surface area contributed by atoms with Crippen molar-refractivity contribution in [3.8, 4) is 0 Å². The van der Waals surface area contributed by atoms with Crippen LogP contribution in [-0.4, -0.2) is 20.4 Å². The summed E-state index contributed by atoms with van der Waals surface area (Å²) in [4.78, 5) is 0. The molecule has 0 saturated carbocycles. The highest BCUT2D eigenvalue weighted by molar-refractivity contribution is 5.84. The molecule has 1 aromatic carbocycles. The zero-order valence-electron chi connectivity index (χ0n) is 17.9. The van der Waals surface area contributed by atoms with E-state index in [1.807, 2.05) is 36.4 Å². The summed E-state index contributed by atoms with van der Waals surface area (Å²) in [7, 11) is 0. The summed E-state index contributed by atoms with van der Waals surface area (Å²) >= 11 is 0. The van der Waals surface area contributed by atoms with Gasteiger partial charge in [0.05, 0.1) is 11.4 Å². The SMILES string of the molecule is FC(F)(F)c1[nH]nc2c1CCCC2=Cc1ccc(C=C2CCCc3c2n[nH]c3C(F)(F)F)cc1. The second-order valence-corrected chi connectivity index (χ2v) is 8.56. The van der Waals surface area contributed by atoms with Crippen LogP contribution in [0, 0.1) is 0 Å². The predicted molar refractivity (Wildman–Crippen MR) is 115 cm³/mol. The number of allylic oxidation sites excluding steroid dienone is 2. The summed E-state index contributed by atoms with van der Waals surface area (Å²) in [6.07, 6.45) is -2.13. The second-order valence-electron chi connectivity index (χ2n) is 8.56. The van der Waals surface area contributed by atoms with Crippen molar-refractivity contribution in [2.45, 2.75) is 50.9 Å². The van der Waals surface area contributed by atoms with Gasteiger partial charge in [0.25, 0.3) is 0 Å². The first-order valence-electron chi connectivity index (χ1n) is 10.9. The van der Waals surface area contributed by atoms with Crippen LogP contribution in [0.2, 0.25) is 0 Å². The van der Waals surface area contributed by atoms with Crippen LogP contribution in [0.1, 0.15) is 70.7 Å². The third-order valence-electron chi connectivity index (χ3n) is 6.27. The van der Waals surface area contributed by atoms with Crippen LogP contribution < -0.4 is 0 Å². The topological polar surface area (TPSA) is 57.4 Å². The van der Waals surface area contributed by atoms with E-state index in [0.29, 0.717) is 49.9 Å². The highest BCUT2D eigenvalue weighted by atomic mass is 19.4. The van der Waals surface area contributed by atoms with Crippen LogP contribution in [0.15, 0.2) is 24.3 Å². The van der Waals surface area contributed by atoms with Crippen molar-refractivity contribution in [2.75, 3.05) is 0 Å². The summed E-state index contributed by atoms with van der Waals surface area (Å²) in [6.45, 7) is 0. The number of alkyl halides is 6. The number of fused-ring (bicyclic) bond motifs is 2. The lowest BCUT2D eigenvalue weighted by atomic mass is 9.89. The zero-order valence-corrected chi connectivity index (χ0v) is 17.9. The molecule has 2 heterocycles. The maximum absolute atomic E-state index is 13.2. The maximum Gasteiger partial charge on any atom is 0.433 e. The predicted octanol–water partition coefficient (Wildman–Crippen LogP) is 6.92. The molecule has 0 fully saturated rings. The van der Waals surface area contributed by atoms with Gasteiger partial charge in [0, 0.05) is 11.1 Å². The Morgan fingerprint density at radius 3 is 1.35 bits per heavy atom. The Morgan fingerprint density at radius 1 is 0.618 bits per heavy atom. The summed E-state index contributed by atoms with van der Waals surface area (Å²) in [6, 6.07) is 7.34. The van der Waals surface area contributed by atoms with E-state index < -0.39 is 23.7 Å². The number of aromatic amines is 2. The largest absolute Gasteiger partial charge is 0.433 e. The van der Waals surface area contributed by atoms with Crippen LogP contribution in [0.4, 0.5) is 26.3 Å². The Bertz CT molecular complexity index is 1170. The van der Waals surface area contributed by atoms with Crippen LogP contribution in [0.3, 0.4) is 0 Å². The molecule has 2 aliphatic rings. The van der Waals surface area contributed by atoms with E-state index in [1.165, 1.54) is 0 Å². The standard InChI is InChI=1S/C24H20F6N4/c25-23(26,27)21-17-5-1-3-15(19(17)31-33-21)11-13-7-9-14(10-8-13)12-16-4-2-6-18-20(16)32-34-22(18)24(28,29)30/h7-12H,1-6H2,(H,31,33)(H,32,34). The molecule has 0 aliphatic heterocycles. The third-order valence-corrected chi connectivity index (χ3v) is 6.27. The van der Waals surface area contributed by atoms with E-state index in [1.54, 1.807) is 0 Å². The molecule has 2 aliphatic carbocycles. The van der Waals surface area contributed by atoms with E-state index in [2.05, 4.69) is 20.4 Å². The first-order chi connectivity index (χ1) is 16.1. The number of hydrogen-bond donors (Lipinski definition) is 2. The lowest BCUT2D eigenvalue weighted by Gasteiger charge is -2.16. The number of aromatic nitrogens is 4. The molecule has 0 amide bonds. The van der Waals surface area contributed by atoms with Gasteiger partial charge < -0.3 is 0 Å². The van der Waals surface area contributed by atoms with Crippen molar-refractivity contribution < 1.29 is 26.3 Å². The van der Waals surface area contributed by atoms with Gasteiger partial charge in [-0.25, -0.2) is 0 Å². The number of halogens is 6. The van der Waals surface area contributed by atoms with E-state index in [9.17, 15) is 26.3 Å². The lowest BCUT2D eigenvalue weighted by molar-refractivity contribution is -0.142. The van der Waals surface area contributed by atoms with Gasteiger partial charge in [0.15, 0.2) is 0 Å². The molecular formula is C24H20F6N4. The Kier molecular flexibility index (Phi) is 5.41. The Balaban J connectivity index is 1.41. The van der Waals surface area contributed by atoms with E-state index in [-0.39, 0.29) is 11.1 Å². The minimum atomic E-state index is -4.47. The number of nitrogens with one attached hydrogen (secondary N) is 2. The molecular weight excluding hydrogens is 458 g/mol. The molecule has 0 saturated heterocycles. The Morgan fingerprint density at radius 2 is 1.00 bits per heavy atom. The molecule has 0 spiro atoms. The van der Waals surface area contributed by atoms with Gasteiger partial charge in [-0.15, -0.1) is 0 Å². The monoisotopic (exact) mass is 478 g/mol.